The number of piperazine rings is 1. The Morgan fingerprint density at radius 2 is 1.88 bits per heavy atom. The van der Waals surface area contributed by atoms with E-state index in [0.717, 1.165) is 43.6 Å². The van der Waals surface area contributed by atoms with E-state index in [0.29, 0.717) is 18.7 Å². The van der Waals surface area contributed by atoms with Crippen molar-refractivity contribution in [3.63, 3.8) is 0 Å². The van der Waals surface area contributed by atoms with Crippen LogP contribution < -0.4 is 10.5 Å². The van der Waals surface area contributed by atoms with E-state index in [9.17, 15) is 9.59 Å². The van der Waals surface area contributed by atoms with Crippen LogP contribution in [0.1, 0.15) is 33.6 Å². The lowest BCUT2D eigenvalue weighted by atomic mass is 10.1. The van der Waals surface area contributed by atoms with Gasteiger partial charge in [0.2, 0.25) is 0 Å². The average molecular weight is 337 g/mol. The van der Waals surface area contributed by atoms with Gasteiger partial charge in [0.25, 0.3) is 11.5 Å². The van der Waals surface area contributed by atoms with Crippen molar-refractivity contribution in [2.45, 2.75) is 26.2 Å². The van der Waals surface area contributed by atoms with Crippen molar-refractivity contribution in [1.82, 2.24) is 9.88 Å². The number of H-pyrrole nitrogens is 1. The van der Waals surface area contributed by atoms with Gasteiger partial charge in [0.1, 0.15) is 5.56 Å². The number of pyridine rings is 1. The van der Waals surface area contributed by atoms with E-state index in [1.807, 2.05) is 6.07 Å². The standard InChI is InChI=1S/C20H23N3O2/c1-14-4-2-6-16(12-14)22-8-10-23(11-9-22)20(25)17-13-15-5-3-7-18(15)21-19(17)24/h2,4,6,12-13H,3,5,7-11H2,1H3,(H,21,24). The van der Waals surface area contributed by atoms with Crippen LogP contribution in [0.2, 0.25) is 0 Å². The third-order valence-electron chi connectivity index (χ3n) is 5.25. The van der Waals surface area contributed by atoms with Crippen LogP contribution in [-0.4, -0.2) is 42.0 Å². The molecule has 0 spiro atoms. The molecule has 1 N–H and O–H groups in total. The van der Waals surface area contributed by atoms with Gasteiger partial charge in [-0.15, -0.1) is 0 Å². The number of aromatic nitrogens is 1. The third kappa shape index (κ3) is 3.06. The second kappa shape index (κ2) is 6.39. The number of amides is 1. The molecule has 1 aliphatic carbocycles. The van der Waals surface area contributed by atoms with Crippen molar-refractivity contribution in [2.75, 3.05) is 31.1 Å². The summed E-state index contributed by atoms with van der Waals surface area (Å²) in [6.45, 7) is 4.95. The molecule has 130 valence electrons. The largest absolute Gasteiger partial charge is 0.368 e. The Hall–Kier alpha value is -2.56. The van der Waals surface area contributed by atoms with E-state index in [1.54, 1.807) is 4.90 Å². The zero-order valence-electron chi connectivity index (χ0n) is 14.5. The van der Waals surface area contributed by atoms with Gasteiger partial charge in [-0.3, -0.25) is 9.59 Å². The van der Waals surface area contributed by atoms with E-state index in [1.165, 1.54) is 11.3 Å². The molecule has 1 amide bonds. The molecular formula is C20H23N3O2. The summed E-state index contributed by atoms with van der Waals surface area (Å²) in [6.07, 6.45) is 2.92. The lowest BCUT2D eigenvalue weighted by Crippen LogP contribution is -2.49. The number of benzene rings is 1. The highest BCUT2D eigenvalue weighted by atomic mass is 16.2. The summed E-state index contributed by atoms with van der Waals surface area (Å²) >= 11 is 0. The van der Waals surface area contributed by atoms with Crippen LogP contribution in [-0.2, 0) is 12.8 Å². The lowest BCUT2D eigenvalue weighted by Gasteiger charge is -2.36. The third-order valence-corrected chi connectivity index (χ3v) is 5.25. The first-order valence-electron chi connectivity index (χ1n) is 8.98. The molecule has 1 aromatic carbocycles. The fourth-order valence-corrected chi connectivity index (χ4v) is 3.83. The van der Waals surface area contributed by atoms with Gasteiger partial charge in [0.15, 0.2) is 0 Å². The first-order chi connectivity index (χ1) is 12.1. The van der Waals surface area contributed by atoms with Gasteiger partial charge >= 0.3 is 0 Å². The molecule has 0 unspecified atom stereocenters. The fourth-order valence-electron chi connectivity index (χ4n) is 3.83. The van der Waals surface area contributed by atoms with Crippen molar-refractivity contribution in [1.29, 1.82) is 0 Å². The Bertz CT molecular complexity index is 863. The van der Waals surface area contributed by atoms with Crippen molar-refractivity contribution in [3.05, 3.63) is 63.1 Å². The summed E-state index contributed by atoms with van der Waals surface area (Å²) in [6, 6.07) is 10.2. The van der Waals surface area contributed by atoms with Crippen molar-refractivity contribution >= 4 is 11.6 Å². The lowest BCUT2D eigenvalue weighted by molar-refractivity contribution is 0.0745. The zero-order valence-corrected chi connectivity index (χ0v) is 14.5. The molecule has 2 heterocycles. The monoisotopic (exact) mass is 337 g/mol. The van der Waals surface area contributed by atoms with E-state index in [2.05, 4.69) is 41.1 Å². The topological polar surface area (TPSA) is 56.4 Å². The van der Waals surface area contributed by atoms with Crippen molar-refractivity contribution < 1.29 is 4.79 Å². The minimum Gasteiger partial charge on any atom is -0.368 e. The molecule has 0 bridgehead atoms. The molecule has 0 atom stereocenters. The van der Waals surface area contributed by atoms with E-state index < -0.39 is 0 Å². The Morgan fingerprint density at radius 1 is 1.08 bits per heavy atom. The normalized spacial score (nSPS) is 16.8. The van der Waals surface area contributed by atoms with Crippen LogP contribution in [0, 0.1) is 6.92 Å². The maximum atomic E-state index is 12.8. The molecule has 2 aliphatic rings. The molecule has 1 aromatic heterocycles. The number of nitrogens with zero attached hydrogens (tertiary/aromatic N) is 2. The summed E-state index contributed by atoms with van der Waals surface area (Å²) in [4.78, 5) is 32.1. The quantitative estimate of drug-likeness (QED) is 0.913. The molecule has 4 rings (SSSR count). The number of hydrogen-bond donors (Lipinski definition) is 1. The fraction of sp³-hybridized carbons (Fsp3) is 0.400. The molecule has 5 nitrogen and oxygen atoms in total. The average Bonchev–Trinajstić information content (AvgIpc) is 3.08. The number of rotatable bonds is 2. The first kappa shape index (κ1) is 15.9. The van der Waals surface area contributed by atoms with Crippen LogP contribution in [0.4, 0.5) is 5.69 Å². The summed E-state index contributed by atoms with van der Waals surface area (Å²) in [7, 11) is 0. The maximum absolute atomic E-state index is 12.8. The van der Waals surface area contributed by atoms with Gasteiger partial charge < -0.3 is 14.8 Å². The molecule has 25 heavy (non-hydrogen) atoms. The molecule has 0 saturated carbocycles. The summed E-state index contributed by atoms with van der Waals surface area (Å²) < 4.78 is 0. The van der Waals surface area contributed by atoms with Gasteiger partial charge in [-0.05, 0) is 55.5 Å². The number of aromatic amines is 1. The minimum atomic E-state index is -0.244. The maximum Gasteiger partial charge on any atom is 0.261 e. The van der Waals surface area contributed by atoms with E-state index in [4.69, 9.17) is 0 Å². The predicted octanol–water partition coefficient (Wildman–Crippen LogP) is 2.13. The minimum absolute atomic E-state index is 0.139. The molecule has 0 radical (unpaired) electrons. The predicted molar refractivity (Wildman–Crippen MR) is 98.4 cm³/mol. The number of nitrogens with one attached hydrogen (secondary N) is 1. The molecule has 1 saturated heterocycles. The number of carbonyl (C=O) groups is 1. The van der Waals surface area contributed by atoms with Crippen molar-refractivity contribution in [3.8, 4) is 0 Å². The second-order valence-electron chi connectivity index (χ2n) is 6.99. The highest BCUT2D eigenvalue weighted by Gasteiger charge is 2.25. The molecule has 1 aliphatic heterocycles. The van der Waals surface area contributed by atoms with E-state index >= 15 is 0 Å². The molecule has 5 heteroatoms. The smallest absolute Gasteiger partial charge is 0.261 e. The molecule has 2 aromatic rings. The number of hydrogen-bond acceptors (Lipinski definition) is 3. The second-order valence-corrected chi connectivity index (χ2v) is 6.99. The van der Waals surface area contributed by atoms with E-state index in [-0.39, 0.29) is 11.5 Å². The number of aryl methyl sites for hydroxylation is 3. The van der Waals surface area contributed by atoms with Gasteiger partial charge in [-0.1, -0.05) is 12.1 Å². The van der Waals surface area contributed by atoms with Crippen LogP contribution in [0.5, 0.6) is 0 Å². The van der Waals surface area contributed by atoms with Crippen molar-refractivity contribution in [2.24, 2.45) is 0 Å². The highest BCUT2D eigenvalue weighted by molar-refractivity contribution is 5.94. The van der Waals surface area contributed by atoms with Gasteiger partial charge in [-0.25, -0.2) is 0 Å². The van der Waals surface area contributed by atoms with Crippen LogP contribution in [0.15, 0.2) is 35.1 Å². The Morgan fingerprint density at radius 3 is 2.64 bits per heavy atom. The Labute approximate surface area is 147 Å². The number of fused-ring (bicyclic) bond motifs is 1. The zero-order chi connectivity index (χ0) is 17.4. The summed E-state index contributed by atoms with van der Waals surface area (Å²) in [5.41, 5.74) is 4.62. The highest BCUT2D eigenvalue weighted by Crippen LogP contribution is 2.21. The van der Waals surface area contributed by atoms with Gasteiger partial charge in [0, 0.05) is 37.6 Å². The van der Waals surface area contributed by atoms with Gasteiger partial charge in [-0.2, -0.15) is 0 Å². The first-order valence-corrected chi connectivity index (χ1v) is 8.98. The molecular weight excluding hydrogens is 314 g/mol. The van der Waals surface area contributed by atoms with Crippen LogP contribution in [0.25, 0.3) is 0 Å². The van der Waals surface area contributed by atoms with Crippen LogP contribution in [0.3, 0.4) is 0 Å². The Kier molecular flexibility index (Phi) is 4.07. The molecule has 1 fully saturated rings. The SMILES string of the molecule is Cc1cccc(N2CCN(C(=O)c3cc4c([nH]c3=O)CCC4)CC2)c1. The number of anilines is 1. The van der Waals surface area contributed by atoms with Crippen LogP contribution >= 0.6 is 0 Å². The Balaban J connectivity index is 1.48. The summed E-state index contributed by atoms with van der Waals surface area (Å²) in [5, 5.41) is 0. The summed E-state index contributed by atoms with van der Waals surface area (Å²) in [5.74, 6) is -0.139. The van der Waals surface area contributed by atoms with Gasteiger partial charge in [0.05, 0.1) is 0 Å². The number of carbonyl (C=O) groups excluding carboxylic acids is 1.